The summed E-state index contributed by atoms with van der Waals surface area (Å²) in [5.74, 6) is 0.457. The van der Waals surface area contributed by atoms with E-state index in [0.717, 1.165) is 24.3 Å². The number of ether oxygens (including phenoxy) is 2. The summed E-state index contributed by atoms with van der Waals surface area (Å²) in [7, 11) is 1.35. The van der Waals surface area contributed by atoms with Gasteiger partial charge in [0.2, 0.25) is 5.91 Å². The van der Waals surface area contributed by atoms with Crippen LogP contribution >= 0.6 is 0 Å². The third kappa shape index (κ3) is 3.44. The average molecular weight is 313 g/mol. The zero-order valence-electron chi connectivity index (χ0n) is 13.1. The second kappa shape index (κ2) is 6.69. The van der Waals surface area contributed by atoms with Gasteiger partial charge >= 0.3 is 5.97 Å². The predicted molar refractivity (Wildman–Crippen MR) is 86.0 cm³/mol. The van der Waals surface area contributed by atoms with Crippen LogP contribution in [0, 0.1) is 0 Å². The number of benzene rings is 1. The van der Waals surface area contributed by atoms with Crippen molar-refractivity contribution in [1.82, 2.24) is 4.90 Å². The Morgan fingerprint density at radius 3 is 3.04 bits per heavy atom. The minimum Gasteiger partial charge on any atom is -0.493 e. The van der Waals surface area contributed by atoms with Crippen molar-refractivity contribution in [1.29, 1.82) is 0 Å². The number of carbonyl (C=O) groups is 2. The van der Waals surface area contributed by atoms with Crippen LogP contribution < -0.4 is 4.74 Å². The molecule has 0 saturated carbocycles. The van der Waals surface area contributed by atoms with E-state index >= 15 is 0 Å². The molecule has 1 aromatic carbocycles. The lowest BCUT2D eigenvalue weighted by Gasteiger charge is -2.25. The van der Waals surface area contributed by atoms with Gasteiger partial charge in [-0.05, 0) is 35.8 Å². The fourth-order valence-electron chi connectivity index (χ4n) is 2.79. The summed E-state index contributed by atoms with van der Waals surface area (Å²) in [6.07, 6.45) is 6.76. The van der Waals surface area contributed by atoms with Crippen molar-refractivity contribution in [2.24, 2.45) is 0 Å². The second-order valence-electron chi connectivity index (χ2n) is 5.57. The molecule has 0 spiro atoms. The fraction of sp³-hybridized carbons (Fsp3) is 0.333. The highest BCUT2D eigenvalue weighted by atomic mass is 16.5. The first-order valence-electron chi connectivity index (χ1n) is 7.67. The van der Waals surface area contributed by atoms with E-state index in [9.17, 15) is 9.59 Å². The van der Waals surface area contributed by atoms with Gasteiger partial charge in [-0.25, -0.2) is 4.79 Å². The van der Waals surface area contributed by atoms with E-state index in [1.807, 2.05) is 24.3 Å². The first-order chi connectivity index (χ1) is 11.2. The van der Waals surface area contributed by atoms with Gasteiger partial charge in [-0.15, -0.1) is 0 Å². The second-order valence-corrected chi connectivity index (χ2v) is 5.57. The molecule has 0 aromatic heterocycles. The lowest BCUT2D eigenvalue weighted by molar-refractivity contribution is -0.136. The van der Waals surface area contributed by atoms with Crippen LogP contribution in [0.2, 0.25) is 0 Å². The molecular weight excluding hydrogens is 294 g/mol. The summed E-state index contributed by atoms with van der Waals surface area (Å²) in [4.78, 5) is 25.5. The zero-order chi connectivity index (χ0) is 16.2. The third-order valence-electron chi connectivity index (χ3n) is 4.04. The Morgan fingerprint density at radius 2 is 2.22 bits per heavy atom. The number of methoxy groups -OCH3 is 1. The van der Waals surface area contributed by atoms with Gasteiger partial charge in [0.25, 0.3) is 0 Å². The number of esters is 1. The molecule has 120 valence electrons. The maximum atomic E-state index is 12.3. The van der Waals surface area contributed by atoms with Gasteiger partial charge in [0.05, 0.1) is 25.8 Å². The van der Waals surface area contributed by atoms with Crippen molar-refractivity contribution >= 4 is 18.0 Å². The molecule has 0 bridgehead atoms. The molecule has 23 heavy (non-hydrogen) atoms. The van der Waals surface area contributed by atoms with Crippen molar-refractivity contribution in [3.63, 3.8) is 0 Å². The van der Waals surface area contributed by atoms with Crippen LogP contribution in [0.15, 0.2) is 35.9 Å². The molecule has 0 saturated heterocycles. The maximum Gasteiger partial charge on any atom is 0.335 e. The molecule has 0 N–H and O–H groups in total. The molecule has 5 heteroatoms. The van der Waals surface area contributed by atoms with Crippen LogP contribution in [0.4, 0.5) is 0 Å². The van der Waals surface area contributed by atoms with Gasteiger partial charge in [-0.2, -0.15) is 0 Å². The van der Waals surface area contributed by atoms with Crippen molar-refractivity contribution in [3.05, 3.63) is 47.1 Å². The summed E-state index contributed by atoms with van der Waals surface area (Å²) in [6, 6.07) is 5.91. The Labute approximate surface area is 135 Å². The van der Waals surface area contributed by atoms with Gasteiger partial charge in [-0.3, -0.25) is 4.79 Å². The van der Waals surface area contributed by atoms with Crippen LogP contribution in [-0.4, -0.2) is 43.6 Å². The lowest BCUT2D eigenvalue weighted by Crippen LogP contribution is -2.36. The highest BCUT2D eigenvalue weighted by molar-refractivity contribution is 5.94. The quantitative estimate of drug-likeness (QED) is 0.632. The van der Waals surface area contributed by atoms with Gasteiger partial charge in [-0.1, -0.05) is 12.1 Å². The fourth-order valence-corrected chi connectivity index (χ4v) is 2.79. The molecular formula is C18H19NO4. The van der Waals surface area contributed by atoms with E-state index in [2.05, 4.69) is 0 Å². The molecule has 0 aliphatic carbocycles. The van der Waals surface area contributed by atoms with Crippen molar-refractivity contribution < 1.29 is 19.1 Å². The van der Waals surface area contributed by atoms with Gasteiger partial charge in [0, 0.05) is 19.0 Å². The summed E-state index contributed by atoms with van der Waals surface area (Å²) in [5, 5.41) is 0. The first-order valence-corrected chi connectivity index (χ1v) is 7.67. The molecule has 0 unspecified atom stereocenters. The summed E-state index contributed by atoms with van der Waals surface area (Å²) >= 11 is 0. The first kappa shape index (κ1) is 15.3. The van der Waals surface area contributed by atoms with Crippen molar-refractivity contribution in [2.75, 3.05) is 26.8 Å². The van der Waals surface area contributed by atoms with Crippen LogP contribution in [-0.2, 0) is 20.7 Å². The Bertz CT molecular complexity index is 690. The maximum absolute atomic E-state index is 12.3. The van der Waals surface area contributed by atoms with Crippen LogP contribution in [0.5, 0.6) is 5.75 Å². The molecule has 0 fully saturated rings. The highest BCUT2D eigenvalue weighted by Crippen LogP contribution is 2.26. The van der Waals surface area contributed by atoms with Crippen molar-refractivity contribution in [2.45, 2.75) is 12.8 Å². The summed E-state index contributed by atoms with van der Waals surface area (Å²) in [6.45, 7) is 1.63. The highest BCUT2D eigenvalue weighted by Gasteiger charge is 2.21. The molecule has 1 aromatic rings. The van der Waals surface area contributed by atoms with Gasteiger partial charge < -0.3 is 14.4 Å². The number of nitrogens with zero attached hydrogens (tertiary/aromatic N) is 1. The number of amides is 1. The predicted octanol–water partition coefficient (Wildman–Crippen LogP) is 1.97. The number of hydrogen-bond donors (Lipinski definition) is 0. The molecule has 3 rings (SSSR count). The van der Waals surface area contributed by atoms with Gasteiger partial charge in [0.15, 0.2) is 0 Å². The zero-order valence-corrected chi connectivity index (χ0v) is 13.1. The van der Waals surface area contributed by atoms with Gasteiger partial charge in [0.1, 0.15) is 5.75 Å². The minimum absolute atomic E-state index is 0.101. The molecule has 1 amide bonds. The van der Waals surface area contributed by atoms with Crippen LogP contribution in [0.1, 0.15) is 17.5 Å². The van der Waals surface area contributed by atoms with Crippen molar-refractivity contribution in [3.8, 4) is 5.75 Å². The Morgan fingerprint density at radius 1 is 1.35 bits per heavy atom. The Kier molecular flexibility index (Phi) is 4.46. The summed E-state index contributed by atoms with van der Waals surface area (Å²) in [5.41, 5.74) is 2.69. The SMILES string of the molecule is COC(=O)C1=CCCN(C(=O)/C=C/c2ccc3c(c2)CCO3)C1. The molecule has 2 heterocycles. The van der Waals surface area contributed by atoms with E-state index in [1.165, 1.54) is 12.7 Å². The van der Waals surface area contributed by atoms with E-state index in [-0.39, 0.29) is 11.9 Å². The Balaban J connectivity index is 1.65. The van der Waals surface area contributed by atoms with E-state index in [1.54, 1.807) is 17.1 Å². The third-order valence-corrected chi connectivity index (χ3v) is 4.04. The topological polar surface area (TPSA) is 55.8 Å². The van der Waals surface area contributed by atoms with E-state index in [0.29, 0.717) is 25.1 Å². The van der Waals surface area contributed by atoms with E-state index in [4.69, 9.17) is 9.47 Å². The number of hydrogen-bond acceptors (Lipinski definition) is 4. The van der Waals surface area contributed by atoms with Crippen LogP contribution in [0.3, 0.4) is 0 Å². The molecule has 0 atom stereocenters. The number of rotatable bonds is 3. The smallest absolute Gasteiger partial charge is 0.335 e. The molecule has 5 nitrogen and oxygen atoms in total. The summed E-state index contributed by atoms with van der Waals surface area (Å²) < 4.78 is 10.2. The molecule has 0 radical (unpaired) electrons. The largest absolute Gasteiger partial charge is 0.493 e. The van der Waals surface area contributed by atoms with Crippen LogP contribution in [0.25, 0.3) is 6.08 Å². The monoisotopic (exact) mass is 313 g/mol. The number of fused-ring (bicyclic) bond motifs is 1. The standard InChI is InChI=1S/C18H19NO4/c1-22-18(21)15-3-2-9-19(12-15)17(20)7-5-13-4-6-16-14(11-13)8-10-23-16/h3-7,11H,2,8-10,12H2,1H3/b7-5+. The lowest BCUT2D eigenvalue weighted by atomic mass is 10.1. The number of carbonyl (C=O) groups excluding carboxylic acids is 2. The molecule has 2 aliphatic heterocycles. The normalized spacial score (nSPS) is 16.7. The minimum atomic E-state index is -0.370. The molecule has 2 aliphatic rings. The average Bonchev–Trinajstić information content (AvgIpc) is 3.06. The van der Waals surface area contributed by atoms with E-state index < -0.39 is 0 Å². The Hall–Kier alpha value is -2.56.